The Kier molecular flexibility index (Phi) is 6.07. The van der Waals surface area contributed by atoms with Gasteiger partial charge in [-0.15, -0.1) is 6.58 Å². The van der Waals surface area contributed by atoms with E-state index in [9.17, 15) is 0 Å². The fourth-order valence-corrected chi connectivity index (χ4v) is 2.21. The minimum atomic E-state index is 0.651. The highest BCUT2D eigenvalue weighted by molar-refractivity contribution is 4.87. The van der Waals surface area contributed by atoms with Crippen LogP contribution in [0.25, 0.3) is 0 Å². The Morgan fingerprint density at radius 3 is 2.56 bits per heavy atom. The van der Waals surface area contributed by atoms with Crippen LogP contribution < -0.4 is 5.32 Å². The molecule has 1 fully saturated rings. The van der Waals surface area contributed by atoms with Crippen LogP contribution in [-0.2, 0) is 0 Å². The SMILES string of the molecule is C=CCN(CCC)C(CNC1CC1)C(C)C. The van der Waals surface area contributed by atoms with Crippen LogP contribution in [0.4, 0.5) is 0 Å². The summed E-state index contributed by atoms with van der Waals surface area (Å²) in [6.07, 6.45) is 6.00. The topological polar surface area (TPSA) is 15.3 Å². The second-order valence-corrected chi connectivity index (χ2v) is 5.28. The highest BCUT2D eigenvalue weighted by Gasteiger charge is 2.25. The minimum Gasteiger partial charge on any atom is -0.312 e. The lowest BCUT2D eigenvalue weighted by molar-refractivity contribution is 0.167. The maximum absolute atomic E-state index is 3.87. The van der Waals surface area contributed by atoms with Crippen molar-refractivity contribution in [2.45, 2.75) is 52.1 Å². The molecule has 1 rings (SSSR count). The van der Waals surface area contributed by atoms with E-state index in [0.29, 0.717) is 12.0 Å². The Labute approximate surface area is 101 Å². The molecule has 94 valence electrons. The first-order valence-electron chi connectivity index (χ1n) is 6.77. The summed E-state index contributed by atoms with van der Waals surface area (Å²) >= 11 is 0. The lowest BCUT2D eigenvalue weighted by atomic mass is 10.0. The van der Waals surface area contributed by atoms with Crippen molar-refractivity contribution in [1.29, 1.82) is 0 Å². The van der Waals surface area contributed by atoms with Gasteiger partial charge in [0.15, 0.2) is 0 Å². The van der Waals surface area contributed by atoms with Crippen LogP contribution in [0.5, 0.6) is 0 Å². The maximum Gasteiger partial charge on any atom is 0.0246 e. The van der Waals surface area contributed by atoms with E-state index in [1.54, 1.807) is 0 Å². The summed E-state index contributed by atoms with van der Waals surface area (Å²) in [5.41, 5.74) is 0. The van der Waals surface area contributed by atoms with Crippen LogP contribution in [0.2, 0.25) is 0 Å². The second-order valence-electron chi connectivity index (χ2n) is 5.28. The molecule has 0 bridgehead atoms. The Bertz CT molecular complexity index is 197. The summed E-state index contributed by atoms with van der Waals surface area (Å²) in [5.74, 6) is 0.706. The Hall–Kier alpha value is -0.340. The van der Waals surface area contributed by atoms with Gasteiger partial charge in [-0.2, -0.15) is 0 Å². The first-order valence-corrected chi connectivity index (χ1v) is 6.77. The molecule has 1 N–H and O–H groups in total. The van der Waals surface area contributed by atoms with Crippen molar-refractivity contribution in [2.24, 2.45) is 5.92 Å². The number of rotatable bonds is 9. The summed E-state index contributed by atoms with van der Waals surface area (Å²) in [6.45, 7) is 14.1. The fourth-order valence-electron chi connectivity index (χ4n) is 2.21. The largest absolute Gasteiger partial charge is 0.312 e. The van der Waals surface area contributed by atoms with E-state index >= 15 is 0 Å². The molecule has 0 aromatic carbocycles. The molecular formula is C14H28N2. The van der Waals surface area contributed by atoms with E-state index < -0.39 is 0 Å². The molecule has 0 radical (unpaired) electrons. The molecule has 0 aromatic heterocycles. The quantitative estimate of drug-likeness (QED) is 0.606. The van der Waals surface area contributed by atoms with Gasteiger partial charge in [-0.1, -0.05) is 26.8 Å². The normalized spacial score (nSPS) is 18.1. The predicted octanol–water partition coefficient (Wildman–Crippen LogP) is 2.66. The van der Waals surface area contributed by atoms with Crippen LogP contribution in [0.3, 0.4) is 0 Å². The van der Waals surface area contributed by atoms with Gasteiger partial charge < -0.3 is 5.32 Å². The van der Waals surface area contributed by atoms with Gasteiger partial charge in [0, 0.05) is 25.2 Å². The minimum absolute atomic E-state index is 0.651. The Morgan fingerprint density at radius 1 is 1.44 bits per heavy atom. The molecule has 1 unspecified atom stereocenters. The zero-order valence-corrected chi connectivity index (χ0v) is 11.2. The van der Waals surface area contributed by atoms with Crippen molar-refractivity contribution in [1.82, 2.24) is 10.2 Å². The maximum atomic E-state index is 3.87. The number of hydrogen-bond acceptors (Lipinski definition) is 2. The monoisotopic (exact) mass is 224 g/mol. The first kappa shape index (κ1) is 13.7. The molecule has 2 nitrogen and oxygen atoms in total. The highest BCUT2D eigenvalue weighted by Crippen LogP contribution is 2.20. The van der Waals surface area contributed by atoms with Crippen LogP contribution in [0, 0.1) is 5.92 Å². The van der Waals surface area contributed by atoms with Crippen LogP contribution in [0.1, 0.15) is 40.0 Å². The molecule has 1 aliphatic carbocycles. The molecule has 0 heterocycles. The van der Waals surface area contributed by atoms with E-state index in [4.69, 9.17) is 0 Å². The van der Waals surface area contributed by atoms with E-state index in [2.05, 4.69) is 37.6 Å². The smallest absolute Gasteiger partial charge is 0.0246 e. The number of nitrogens with one attached hydrogen (secondary N) is 1. The van der Waals surface area contributed by atoms with Crippen molar-refractivity contribution in [3.05, 3.63) is 12.7 Å². The molecule has 0 spiro atoms. The van der Waals surface area contributed by atoms with Gasteiger partial charge in [-0.05, 0) is 31.7 Å². The van der Waals surface area contributed by atoms with Gasteiger partial charge in [-0.25, -0.2) is 0 Å². The van der Waals surface area contributed by atoms with Gasteiger partial charge in [0.1, 0.15) is 0 Å². The third-order valence-corrected chi connectivity index (χ3v) is 3.31. The first-order chi connectivity index (χ1) is 7.69. The predicted molar refractivity (Wildman–Crippen MR) is 71.7 cm³/mol. The Balaban J connectivity index is 2.44. The van der Waals surface area contributed by atoms with Gasteiger partial charge in [0.25, 0.3) is 0 Å². The van der Waals surface area contributed by atoms with E-state index in [-0.39, 0.29) is 0 Å². The molecule has 1 atom stereocenters. The van der Waals surface area contributed by atoms with Crippen molar-refractivity contribution < 1.29 is 0 Å². The Morgan fingerprint density at radius 2 is 2.12 bits per heavy atom. The van der Waals surface area contributed by atoms with Crippen molar-refractivity contribution in [3.63, 3.8) is 0 Å². The van der Waals surface area contributed by atoms with Gasteiger partial charge >= 0.3 is 0 Å². The third-order valence-electron chi connectivity index (χ3n) is 3.31. The summed E-state index contributed by atoms with van der Waals surface area (Å²) in [7, 11) is 0. The van der Waals surface area contributed by atoms with E-state index in [1.807, 2.05) is 6.08 Å². The zero-order valence-electron chi connectivity index (χ0n) is 11.2. The van der Waals surface area contributed by atoms with E-state index in [1.165, 1.54) is 25.8 Å². The molecule has 0 amide bonds. The molecule has 0 aliphatic heterocycles. The van der Waals surface area contributed by atoms with Gasteiger partial charge in [0.2, 0.25) is 0 Å². The summed E-state index contributed by atoms with van der Waals surface area (Å²) in [6, 6.07) is 1.46. The van der Waals surface area contributed by atoms with Crippen LogP contribution in [-0.4, -0.2) is 36.6 Å². The van der Waals surface area contributed by atoms with Crippen molar-refractivity contribution in [3.8, 4) is 0 Å². The zero-order chi connectivity index (χ0) is 12.0. The lowest BCUT2D eigenvalue weighted by Crippen LogP contribution is -2.46. The number of nitrogens with zero attached hydrogens (tertiary/aromatic N) is 1. The fraction of sp³-hybridized carbons (Fsp3) is 0.857. The average Bonchev–Trinajstić information content (AvgIpc) is 3.02. The van der Waals surface area contributed by atoms with E-state index in [0.717, 1.165) is 19.1 Å². The molecule has 2 heteroatoms. The van der Waals surface area contributed by atoms with Gasteiger partial charge in [0.05, 0.1) is 0 Å². The summed E-state index contributed by atoms with van der Waals surface area (Å²) in [4.78, 5) is 2.56. The molecule has 1 aliphatic rings. The highest BCUT2D eigenvalue weighted by atomic mass is 15.2. The molecule has 16 heavy (non-hydrogen) atoms. The second kappa shape index (κ2) is 7.08. The average molecular weight is 224 g/mol. The lowest BCUT2D eigenvalue weighted by Gasteiger charge is -2.33. The van der Waals surface area contributed by atoms with Crippen molar-refractivity contribution >= 4 is 0 Å². The number of hydrogen-bond donors (Lipinski definition) is 1. The summed E-state index contributed by atoms with van der Waals surface area (Å²) in [5, 5.41) is 3.66. The van der Waals surface area contributed by atoms with Crippen LogP contribution in [0.15, 0.2) is 12.7 Å². The van der Waals surface area contributed by atoms with Crippen LogP contribution >= 0.6 is 0 Å². The van der Waals surface area contributed by atoms with Crippen molar-refractivity contribution in [2.75, 3.05) is 19.6 Å². The molecule has 0 saturated heterocycles. The third kappa shape index (κ3) is 4.67. The summed E-state index contributed by atoms with van der Waals surface area (Å²) < 4.78 is 0. The molecular weight excluding hydrogens is 196 g/mol. The van der Waals surface area contributed by atoms with Gasteiger partial charge in [-0.3, -0.25) is 4.90 Å². The standard InChI is InChI=1S/C14H28N2/c1-5-9-16(10-6-2)14(12(3)4)11-15-13-7-8-13/h5,12-15H,1,6-11H2,2-4H3. The molecule has 1 saturated carbocycles. The molecule has 0 aromatic rings.